The molecule has 1 aromatic heterocycles. The molecule has 8 nitrogen and oxygen atoms in total. The summed E-state index contributed by atoms with van der Waals surface area (Å²) >= 11 is 18.6. The van der Waals surface area contributed by atoms with E-state index in [0.29, 0.717) is 37.3 Å². The molecular formula is C27H28BrCl2N5O3S. The Bertz CT molecular complexity index is 1380. The van der Waals surface area contributed by atoms with E-state index >= 15 is 0 Å². The number of thiophene rings is 1. The number of methoxy groups -OCH3 is 2. The number of nitrogens with one attached hydrogen (secondary N) is 1. The van der Waals surface area contributed by atoms with E-state index in [9.17, 15) is 4.79 Å². The molecule has 0 spiro atoms. The predicted molar refractivity (Wildman–Crippen MR) is 163 cm³/mol. The van der Waals surface area contributed by atoms with Gasteiger partial charge in [0.05, 0.1) is 30.5 Å². The molecule has 2 aromatic carbocycles. The number of hydrogen-bond acceptors (Lipinski definition) is 8. The number of ether oxygens (including phenoxy) is 2. The Balaban J connectivity index is 1.36. The van der Waals surface area contributed by atoms with E-state index < -0.39 is 0 Å². The van der Waals surface area contributed by atoms with Gasteiger partial charge in [-0.15, -0.1) is 11.3 Å². The normalized spacial score (nSPS) is 15.6. The molecule has 0 bridgehead atoms. The summed E-state index contributed by atoms with van der Waals surface area (Å²) in [6, 6.07) is 9.56. The SMILES string of the molecule is CCN1CCN(C(=O)c2ccc(NC3=NCN(c4c(Cl)c(OC)c(Br)c(OC)c4Cl)c4ccsc43)cc2)CC1. The molecule has 12 heteroatoms. The third kappa shape index (κ3) is 5.32. The van der Waals surface area contributed by atoms with Crippen LogP contribution in [-0.2, 0) is 0 Å². The van der Waals surface area contributed by atoms with Crippen molar-refractivity contribution in [3.63, 3.8) is 0 Å². The largest absolute Gasteiger partial charge is 0.494 e. The molecular weight excluding hydrogens is 625 g/mol. The number of rotatable bonds is 6. The minimum absolute atomic E-state index is 0.0672. The lowest BCUT2D eigenvalue weighted by Gasteiger charge is -2.34. The summed E-state index contributed by atoms with van der Waals surface area (Å²) in [6.45, 7) is 6.78. The highest BCUT2D eigenvalue weighted by molar-refractivity contribution is 9.10. The summed E-state index contributed by atoms with van der Waals surface area (Å²) in [7, 11) is 3.08. The van der Waals surface area contributed by atoms with Crippen LogP contribution in [0, 0.1) is 0 Å². The van der Waals surface area contributed by atoms with Crippen LogP contribution in [0.2, 0.25) is 10.0 Å². The lowest BCUT2D eigenvalue weighted by atomic mass is 10.1. The van der Waals surface area contributed by atoms with Crippen molar-refractivity contribution in [2.45, 2.75) is 6.92 Å². The second-order valence-corrected chi connectivity index (χ2v) is 11.5. The molecule has 3 heterocycles. The van der Waals surface area contributed by atoms with Gasteiger partial charge >= 0.3 is 0 Å². The maximum Gasteiger partial charge on any atom is 0.253 e. The van der Waals surface area contributed by atoms with Crippen LogP contribution in [0.1, 0.15) is 22.2 Å². The van der Waals surface area contributed by atoms with Gasteiger partial charge in [-0.05, 0) is 58.2 Å². The van der Waals surface area contributed by atoms with Crippen LogP contribution in [0.4, 0.5) is 17.1 Å². The first-order valence-electron chi connectivity index (χ1n) is 12.4. The zero-order chi connectivity index (χ0) is 27.7. The van der Waals surface area contributed by atoms with Crippen molar-refractivity contribution in [3.05, 3.63) is 60.7 Å². The standard InChI is InChI=1S/C27H28BrCl2N5O3S/c1-4-33-10-12-34(13-11-33)27(36)16-5-7-17(8-6-16)32-26-25-18(9-14-39-25)35(15-31-26)22-20(29)23(37-2)19(28)24(38-3)21(22)30/h5-9,14H,4,10-13,15H2,1-3H3,(H,31,32). The lowest BCUT2D eigenvalue weighted by molar-refractivity contribution is 0.0643. The van der Waals surface area contributed by atoms with Crippen LogP contribution in [0.15, 0.2) is 45.2 Å². The van der Waals surface area contributed by atoms with Crippen LogP contribution in [0.5, 0.6) is 11.5 Å². The first-order valence-corrected chi connectivity index (χ1v) is 14.9. The number of carbonyl (C=O) groups is 1. The Morgan fingerprint density at radius 3 is 2.28 bits per heavy atom. The molecule has 0 saturated carbocycles. The third-order valence-corrected chi connectivity index (χ3v) is 9.25. The van der Waals surface area contributed by atoms with Crippen molar-refractivity contribution in [1.82, 2.24) is 9.80 Å². The highest BCUT2D eigenvalue weighted by Crippen LogP contribution is 2.54. The van der Waals surface area contributed by atoms with E-state index in [0.717, 1.165) is 54.8 Å². The number of nitrogens with zero attached hydrogens (tertiary/aromatic N) is 4. The molecule has 206 valence electrons. The number of aliphatic imine (C=N–C) groups is 1. The number of likely N-dealkylation sites (N-methyl/N-ethyl adjacent to an activating group) is 1. The molecule has 39 heavy (non-hydrogen) atoms. The summed E-state index contributed by atoms with van der Waals surface area (Å²) in [5, 5.41) is 6.13. The van der Waals surface area contributed by atoms with Gasteiger partial charge in [0.15, 0.2) is 11.5 Å². The number of piperazine rings is 1. The number of amides is 1. The number of fused-ring (bicyclic) bond motifs is 1. The zero-order valence-corrected chi connectivity index (χ0v) is 25.7. The van der Waals surface area contributed by atoms with Crippen molar-refractivity contribution in [2.75, 3.05) is 63.8 Å². The van der Waals surface area contributed by atoms with Gasteiger partial charge in [-0.2, -0.15) is 0 Å². The lowest BCUT2D eigenvalue weighted by Crippen LogP contribution is -2.48. The monoisotopic (exact) mass is 651 g/mol. The van der Waals surface area contributed by atoms with Gasteiger partial charge in [-0.25, -0.2) is 4.99 Å². The van der Waals surface area contributed by atoms with E-state index in [4.69, 9.17) is 37.7 Å². The van der Waals surface area contributed by atoms with Gasteiger partial charge in [0.2, 0.25) is 0 Å². The molecule has 0 unspecified atom stereocenters. The molecule has 2 aliphatic heterocycles. The summed E-state index contributed by atoms with van der Waals surface area (Å²) in [5.74, 6) is 1.66. The van der Waals surface area contributed by atoms with Crippen molar-refractivity contribution in [1.29, 1.82) is 0 Å². The minimum Gasteiger partial charge on any atom is -0.494 e. The molecule has 1 amide bonds. The molecule has 0 radical (unpaired) electrons. The highest BCUT2D eigenvalue weighted by atomic mass is 79.9. The Hall–Kier alpha value is -2.50. The average Bonchev–Trinajstić information content (AvgIpc) is 3.45. The molecule has 5 rings (SSSR count). The van der Waals surface area contributed by atoms with Crippen LogP contribution in [0.3, 0.4) is 0 Å². The van der Waals surface area contributed by atoms with Gasteiger partial charge in [-0.3, -0.25) is 4.79 Å². The minimum atomic E-state index is 0.0672. The Morgan fingerprint density at radius 1 is 1.05 bits per heavy atom. The maximum atomic E-state index is 13.0. The second-order valence-electron chi connectivity index (χ2n) is 9.00. The first-order chi connectivity index (χ1) is 18.9. The van der Waals surface area contributed by atoms with Crippen LogP contribution in [0.25, 0.3) is 0 Å². The molecule has 0 atom stereocenters. The van der Waals surface area contributed by atoms with Crippen LogP contribution < -0.4 is 19.7 Å². The summed E-state index contributed by atoms with van der Waals surface area (Å²) in [6.07, 6.45) is 0. The Labute approximate surface area is 250 Å². The van der Waals surface area contributed by atoms with Crippen LogP contribution >= 0.6 is 50.5 Å². The molecule has 3 aromatic rings. The average molecular weight is 653 g/mol. The first kappa shape index (κ1) is 28.0. The number of carbonyl (C=O) groups excluding carboxylic acids is 1. The summed E-state index contributed by atoms with van der Waals surface area (Å²) < 4.78 is 11.6. The second kappa shape index (κ2) is 11.9. The number of benzene rings is 2. The number of amidine groups is 1. The van der Waals surface area contributed by atoms with E-state index in [2.05, 4.69) is 33.1 Å². The maximum absolute atomic E-state index is 13.0. The molecule has 1 fully saturated rings. The zero-order valence-electron chi connectivity index (χ0n) is 21.8. The van der Waals surface area contributed by atoms with Crippen molar-refractivity contribution < 1.29 is 14.3 Å². The van der Waals surface area contributed by atoms with E-state index in [1.54, 1.807) is 25.6 Å². The van der Waals surface area contributed by atoms with E-state index in [-0.39, 0.29) is 12.6 Å². The van der Waals surface area contributed by atoms with Crippen molar-refractivity contribution in [3.8, 4) is 11.5 Å². The molecule has 0 aliphatic carbocycles. The fourth-order valence-corrected chi connectivity index (χ4v) is 7.35. The Kier molecular flexibility index (Phi) is 8.58. The number of hydrogen-bond donors (Lipinski definition) is 1. The number of anilines is 3. The molecule has 1 saturated heterocycles. The number of halogens is 3. The third-order valence-electron chi connectivity index (χ3n) is 6.91. The quantitative estimate of drug-likeness (QED) is 0.325. The molecule has 2 aliphatic rings. The van der Waals surface area contributed by atoms with Crippen molar-refractivity contribution >= 4 is 79.3 Å². The fourth-order valence-electron chi connectivity index (χ4n) is 4.75. The van der Waals surface area contributed by atoms with Gasteiger partial charge in [0.1, 0.15) is 27.0 Å². The molecule has 1 N–H and O–H groups in total. The van der Waals surface area contributed by atoms with E-state index in [1.165, 1.54) is 0 Å². The topological polar surface area (TPSA) is 69.6 Å². The fraction of sp³-hybridized carbons (Fsp3) is 0.333. The van der Waals surface area contributed by atoms with Gasteiger partial charge in [0, 0.05) is 37.4 Å². The van der Waals surface area contributed by atoms with Gasteiger partial charge in [-0.1, -0.05) is 30.1 Å². The van der Waals surface area contributed by atoms with Crippen molar-refractivity contribution in [2.24, 2.45) is 4.99 Å². The summed E-state index contributed by atoms with van der Waals surface area (Å²) in [5.41, 5.74) is 2.99. The van der Waals surface area contributed by atoms with Crippen LogP contribution in [-0.4, -0.2) is 75.2 Å². The highest BCUT2D eigenvalue weighted by Gasteiger charge is 2.31. The predicted octanol–water partition coefficient (Wildman–Crippen LogP) is 6.58. The summed E-state index contributed by atoms with van der Waals surface area (Å²) in [4.78, 5) is 24.9. The smallest absolute Gasteiger partial charge is 0.253 e. The van der Waals surface area contributed by atoms with Gasteiger partial charge < -0.3 is 29.5 Å². The Morgan fingerprint density at radius 2 is 1.69 bits per heavy atom. The van der Waals surface area contributed by atoms with Gasteiger partial charge in [0.25, 0.3) is 5.91 Å². The van der Waals surface area contributed by atoms with E-state index in [1.807, 2.05) is 45.5 Å².